The lowest BCUT2D eigenvalue weighted by Crippen LogP contribution is -2.33. The first kappa shape index (κ1) is 12.4. The van der Waals surface area contributed by atoms with Crippen LogP contribution in [0.5, 0.6) is 0 Å². The molecule has 0 N–H and O–H groups in total. The van der Waals surface area contributed by atoms with Crippen molar-refractivity contribution < 1.29 is 4.43 Å². The molecule has 0 aromatic carbocycles. The largest absolute Gasteiger partial charge is 0.412 e. The van der Waals surface area contributed by atoms with Crippen LogP contribution in [-0.4, -0.2) is 13.9 Å². The molecule has 0 aromatic rings. The first-order chi connectivity index (χ1) is 7.47. The predicted molar refractivity (Wildman–Crippen MR) is 72.0 cm³/mol. The second kappa shape index (κ2) is 4.30. The average Bonchev–Trinajstić information content (AvgIpc) is 2.75. The van der Waals surface area contributed by atoms with Gasteiger partial charge in [0.1, 0.15) is 0 Å². The SMILES string of the molecule is C=CCCC[C@H]1CC[C@]2(O[Si](C)(C)C)C[C@H]12. The lowest BCUT2D eigenvalue weighted by molar-refractivity contribution is 0.161. The predicted octanol–water partition coefficient (Wildman–Crippen LogP) is 4.36. The first-order valence-electron chi connectivity index (χ1n) is 6.78. The Bertz CT molecular complexity index is 268. The molecule has 0 heterocycles. The number of rotatable bonds is 6. The number of allylic oxidation sites excluding steroid dienone is 1. The van der Waals surface area contributed by atoms with Crippen molar-refractivity contribution in [1.29, 1.82) is 0 Å². The maximum atomic E-state index is 6.42. The number of hydrogen-bond acceptors (Lipinski definition) is 1. The lowest BCUT2D eigenvalue weighted by Gasteiger charge is -2.24. The fourth-order valence-corrected chi connectivity index (χ4v) is 5.03. The van der Waals surface area contributed by atoms with Crippen molar-refractivity contribution in [1.82, 2.24) is 0 Å². The summed E-state index contributed by atoms with van der Waals surface area (Å²) in [6.07, 6.45) is 10.1. The molecule has 0 unspecified atom stereocenters. The van der Waals surface area contributed by atoms with Crippen LogP contribution in [0.15, 0.2) is 12.7 Å². The summed E-state index contributed by atoms with van der Waals surface area (Å²) in [5.41, 5.74) is 0.351. The van der Waals surface area contributed by atoms with Gasteiger partial charge in [-0.05, 0) is 70.0 Å². The van der Waals surface area contributed by atoms with Gasteiger partial charge >= 0.3 is 0 Å². The van der Waals surface area contributed by atoms with Gasteiger partial charge in [0, 0.05) is 0 Å². The second-order valence-corrected chi connectivity index (χ2v) is 11.0. The first-order valence-corrected chi connectivity index (χ1v) is 10.2. The van der Waals surface area contributed by atoms with Gasteiger partial charge in [-0.2, -0.15) is 0 Å². The van der Waals surface area contributed by atoms with Crippen LogP contribution in [0.1, 0.15) is 38.5 Å². The van der Waals surface area contributed by atoms with Crippen molar-refractivity contribution in [2.75, 3.05) is 0 Å². The van der Waals surface area contributed by atoms with Crippen LogP contribution in [0, 0.1) is 11.8 Å². The van der Waals surface area contributed by atoms with Crippen molar-refractivity contribution in [3.8, 4) is 0 Å². The highest BCUT2D eigenvalue weighted by molar-refractivity contribution is 6.69. The summed E-state index contributed by atoms with van der Waals surface area (Å²) in [4.78, 5) is 0. The Kier molecular flexibility index (Phi) is 3.33. The average molecular weight is 238 g/mol. The maximum absolute atomic E-state index is 6.42. The third-order valence-corrected chi connectivity index (χ3v) is 5.10. The normalized spacial score (nSPS) is 37.2. The van der Waals surface area contributed by atoms with Gasteiger partial charge in [0.25, 0.3) is 0 Å². The van der Waals surface area contributed by atoms with Gasteiger partial charge < -0.3 is 4.43 Å². The Labute approximate surface area is 101 Å². The molecule has 3 atom stereocenters. The summed E-state index contributed by atoms with van der Waals surface area (Å²) in [5, 5.41) is 0. The van der Waals surface area contributed by atoms with Gasteiger partial charge in [0.15, 0.2) is 8.32 Å². The Morgan fingerprint density at radius 2 is 2.19 bits per heavy atom. The van der Waals surface area contributed by atoms with E-state index in [4.69, 9.17) is 4.43 Å². The van der Waals surface area contributed by atoms with E-state index in [2.05, 4.69) is 26.2 Å². The third kappa shape index (κ3) is 2.59. The molecule has 0 amide bonds. The van der Waals surface area contributed by atoms with E-state index < -0.39 is 8.32 Å². The number of unbranched alkanes of at least 4 members (excludes halogenated alkanes) is 1. The molecule has 0 saturated heterocycles. The molecule has 0 radical (unpaired) electrons. The van der Waals surface area contributed by atoms with Gasteiger partial charge in [-0.3, -0.25) is 0 Å². The van der Waals surface area contributed by atoms with E-state index in [1.54, 1.807) is 0 Å². The molecular formula is C14H26OSi. The Balaban J connectivity index is 1.81. The van der Waals surface area contributed by atoms with Crippen LogP contribution < -0.4 is 0 Å². The Morgan fingerprint density at radius 3 is 2.75 bits per heavy atom. The molecule has 1 nitrogen and oxygen atoms in total. The minimum absolute atomic E-state index is 0.351. The highest BCUT2D eigenvalue weighted by atomic mass is 28.4. The monoisotopic (exact) mass is 238 g/mol. The molecule has 0 aliphatic heterocycles. The molecule has 0 spiro atoms. The van der Waals surface area contributed by atoms with Crippen LogP contribution >= 0.6 is 0 Å². The highest BCUT2D eigenvalue weighted by Gasteiger charge is 2.63. The van der Waals surface area contributed by atoms with Gasteiger partial charge in [0.05, 0.1) is 5.60 Å². The van der Waals surface area contributed by atoms with E-state index >= 15 is 0 Å². The molecule has 2 rings (SSSR count). The fourth-order valence-electron chi connectivity index (χ4n) is 3.48. The fraction of sp³-hybridized carbons (Fsp3) is 0.857. The minimum Gasteiger partial charge on any atom is -0.412 e. The summed E-state index contributed by atoms with van der Waals surface area (Å²) in [7, 11) is -1.34. The molecular weight excluding hydrogens is 212 g/mol. The molecule has 2 heteroatoms. The second-order valence-electron chi connectivity index (χ2n) is 6.61. The van der Waals surface area contributed by atoms with Crippen molar-refractivity contribution in [2.45, 2.75) is 63.8 Å². The molecule has 2 saturated carbocycles. The van der Waals surface area contributed by atoms with Gasteiger partial charge in [-0.25, -0.2) is 0 Å². The molecule has 0 bridgehead atoms. The highest BCUT2D eigenvalue weighted by Crippen LogP contribution is 2.63. The molecule has 2 fully saturated rings. The Hall–Kier alpha value is -0.0831. The third-order valence-electron chi connectivity index (χ3n) is 4.08. The zero-order valence-corrected chi connectivity index (χ0v) is 12.1. The number of hydrogen-bond donors (Lipinski definition) is 0. The van der Waals surface area contributed by atoms with Crippen molar-refractivity contribution in [2.24, 2.45) is 11.8 Å². The molecule has 92 valence electrons. The van der Waals surface area contributed by atoms with E-state index in [1.807, 2.05) is 6.08 Å². The topological polar surface area (TPSA) is 9.23 Å². The smallest absolute Gasteiger partial charge is 0.184 e. The van der Waals surface area contributed by atoms with Crippen molar-refractivity contribution in [3.05, 3.63) is 12.7 Å². The minimum atomic E-state index is -1.34. The number of fused-ring (bicyclic) bond motifs is 1. The van der Waals surface area contributed by atoms with Crippen molar-refractivity contribution in [3.63, 3.8) is 0 Å². The molecule has 2 aliphatic carbocycles. The maximum Gasteiger partial charge on any atom is 0.184 e. The quantitative estimate of drug-likeness (QED) is 0.379. The summed E-state index contributed by atoms with van der Waals surface area (Å²) in [5.74, 6) is 1.86. The Morgan fingerprint density at radius 1 is 1.44 bits per heavy atom. The summed E-state index contributed by atoms with van der Waals surface area (Å²) < 4.78 is 6.42. The van der Waals surface area contributed by atoms with E-state index in [9.17, 15) is 0 Å². The molecule has 2 aliphatic rings. The van der Waals surface area contributed by atoms with Crippen LogP contribution in [0.2, 0.25) is 19.6 Å². The standard InChI is InChI=1S/C14H26OSi/c1-5-6-7-8-12-9-10-14(11-13(12)14)15-16(2,3)4/h5,12-13H,1,6-11H2,2-4H3/t12-,13+,14-/m0/s1. The van der Waals surface area contributed by atoms with E-state index in [0.717, 1.165) is 11.8 Å². The van der Waals surface area contributed by atoms with Gasteiger partial charge in [0.2, 0.25) is 0 Å². The van der Waals surface area contributed by atoms with Crippen LogP contribution in [-0.2, 0) is 4.43 Å². The zero-order chi connectivity index (χ0) is 11.8. The van der Waals surface area contributed by atoms with E-state index in [0.29, 0.717) is 5.60 Å². The van der Waals surface area contributed by atoms with Crippen LogP contribution in [0.4, 0.5) is 0 Å². The van der Waals surface area contributed by atoms with Crippen LogP contribution in [0.25, 0.3) is 0 Å². The summed E-state index contributed by atoms with van der Waals surface area (Å²) in [6.45, 7) is 10.8. The van der Waals surface area contributed by atoms with E-state index in [1.165, 1.54) is 38.5 Å². The summed E-state index contributed by atoms with van der Waals surface area (Å²) in [6, 6.07) is 0. The van der Waals surface area contributed by atoms with Crippen molar-refractivity contribution >= 4 is 8.32 Å². The summed E-state index contributed by atoms with van der Waals surface area (Å²) >= 11 is 0. The molecule has 0 aromatic heterocycles. The van der Waals surface area contributed by atoms with E-state index in [-0.39, 0.29) is 0 Å². The van der Waals surface area contributed by atoms with Gasteiger partial charge in [-0.15, -0.1) is 6.58 Å². The zero-order valence-electron chi connectivity index (χ0n) is 11.1. The molecule has 16 heavy (non-hydrogen) atoms. The van der Waals surface area contributed by atoms with Crippen LogP contribution in [0.3, 0.4) is 0 Å². The lowest BCUT2D eigenvalue weighted by atomic mass is 9.97. The van der Waals surface area contributed by atoms with Gasteiger partial charge in [-0.1, -0.05) is 6.08 Å².